The van der Waals surface area contributed by atoms with Gasteiger partial charge in [-0.2, -0.15) is 0 Å². The van der Waals surface area contributed by atoms with Crippen molar-refractivity contribution in [3.8, 4) is 17.0 Å². The number of carboxylic acid groups (broad SMARTS) is 1. The fourth-order valence-corrected chi connectivity index (χ4v) is 3.52. The quantitative estimate of drug-likeness (QED) is 0.486. The van der Waals surface area contributed by atoms with Gasteiger partial charge in [-0.05, 0) is 19.1 Å². The summed E-state index contributed by atoms with van der Waals surface area (Å²) in [5.74, 6) is -1.40. The highest BCUT2D eigenvalue weighted by atomic mass is 32.1. The van der Waals surface area contributed by atoms with Crippen molar-refractivity contribution in [3.05, 3.63) is 59.5 Å². The van der Waals surface area contributed by atoms with E-state index in [1.54, 1.807) is 17.4 Å². The summed E-state index contributed by atoms with van der Waals surface area (Å²) in [7, 11) is 0. The Morgan fingerprint density at radius 3 is 2.62 bits per heavy atom. The van der Waals surface area contributed by atoms with E-state index in [2.05, 4.69) is 34.3 Å². The molecule has 2 aromatic carbocycles. The van der Waals surface area contributed by atoms with Crippen LogP contribution < -0.4 is 9.88 Å². The number of thiazole rings is 1. The zero-order valence-electron chi connectivity index (χ0n) is 13.1. The molecule has 0 bridgehead atoms. The third-order valence-corrected chi connectivity index (χ3v) is 4.57. The Hall–Kier alpha value is -2.86. The first-order chi connectivity index (χ1) is 11.6. The summed E-state index contributed by atoms with van der Waals surface area (Å²) in [6, 6.07) is 14.6. The lowest BCUT2D eigenvalue weighted by atomic mass is 10.2. The number of benzene rings is 2. The molecule has 1 aromatic heterocycles. The molecule has 0 saturated heterocycles. The minimum atomic E-state index is -1.16. The van der Waals surface area contributed by atoms with Crippen LogP contribution in [0.5, 0.6) is 5.75 Å². The minimum absolute atomic E-state index is 0.122. The van der Waals surface area contributed by atoms with Crippen molar-refractivity contribution in [2.24, 2.45) is 0 Å². The Morgan fingerprint density at radius 1 is 1.21 bits per heavy atom. The van der Waals surface area contributed by atoms with Crippen LogP contribution in [0.25, 0.3) is 11.3 Å². The average Bonchev–Trinajstić information content (AvgIpc) is 2.99. The summed E-state index contributed by atoms with van der Waals surface area (Å²) in [4.78, 5) is 11.1. The second-order valence-electron chi connectivity index (χ2n) is 5.20. The van der Waals surface area contributed by atoms with Crippen molar-refractivity contribution >= 4 is 28.1 Å². The number of nitrogens with zero attached hydrogens (tertiary/aromatic N) is 1. The topological polar surface area (TPSA) is 73.4 Å². The molecule has 1 heterocycles. The van der Waals surface area contributed by atoms with Gasteiger partial charge in [0.05, 0.1) is 6.54 Å². The Morgan fingerprint density at radius 2 is 1.96 bits per heavy atom. The van der Waals surface area contributed by atoms with Crippen LogP contribution in [0.1, 0.15) is 17.3 Å². The van der Waals surface area contributed by atoms with Crippen LogP contribution in [0, 0.1) is 0 Å². The number of carbonyl (C=O) groups is 1. The van der Waals surface area contributed by atoms with Crippen LogP contribution in [0.3, 0.4) is 0 Å². The molecular weight excluding hydrogens is 324 g/mol. The fraction of sp³-hybridized carbons (Fsp3) is 0.111. The van der Waals surface area contributed by atoms with Crippen LogP contribution in [-0.2, 0) is 6.54 Å². The summed E-state index contributed by atoms with van der Waals surface area (Å²) >= 11 is 1.55. The molecular formula is C18H17N2O3S+. The normalized spacial score (nSPS) is 10.5. The first kappa shape index (κ1) is 16.0. The SMILES string of the molecule is CC[n+]1c(-c2ccccc2)csc1Nc1ccc(O)c(C(=O)O)c1. The van der Waals surface area contributed by atoms with Gasteiger partial charge in [-0.3, -0.25) is 0 Å². The predicted octanol–water partition coefficient (Wildman–Crippen LogP) is 3.87. The molecule has 3 rings (SSSR count). The van der Waals surface area contributed by atoms with Gasteiger partial charge in [0.2, 0.25) is 0 Å². The molecule has 0 unspecified atom stereocenters. The first-order valence-corrected chi connectivity index (χ1v) is 8.38. The van der Waals surface area contributed by atoms with Crippen molar-refractivity contribution in [1.29, 1.82) is 0 Å². The van der Waals surface area contributed by atoms with E-state index in [1.807, 2.05) is 18.2 Å². The monoisotopic (exact) mass is 341 g/mol. The lowest BCUT2D eigenvalue weighted by Gasteiger charge is -2.05. The van der Waals surface area contributed by atoms with Crippen molar-refractivity contribution in [3.63, 3.8) is 0 Å². The summed E-state index contributed by atoms with van der Waals surface area (Å²) in [5.41, 5.74) is 2.72. The maximum atomic E-state index is 11.1. The highest BCUT2D eigenvalue weighted by molar-refractivity contribution is 7.13. The molecule has 0 aliphatic rings. The zero-order chi connectivity index (χ0) is 17.1. The molecule has 3 N–H and O–H groups in total. The number of carboxylic acids is 1. The third kappa shape index (κ3) is 3.09. The predicted molar refractivity (Wildman–Crippen MR) is 94.0 cm³/mol. The molecule has 122 valence electrons. The number of hydrogen-bond donors (Lipinski definition) is 3. The number of aromatic nitrogens is 1. The molecule has 5 nitrogen and oxygen atoms in total. The number of anilines is 2. The zero-order valence-corrected chi connectivity index (χ0v) is 13.9. The Kier molecular flexibility index (Phi) is 4.48. The maximum absolute atomic E-state index is 11.1. The fourth-order valence-electron chi connectivity index (χ4n) is 2.50. The number of hydrogen-bond acceptors (Lipinski definition) is 4. The van der Waals surface area contributed by atoms with Gasteiger partial charge < -0.3 is 10.2 Å². The van der Waals surface area contributed by atoms with Gasteiger partial charge in [-0.25, -0.2) is 14.7 Å². The number of nitrogens with one attached hydrogen (secondary N) is 1. The molecule has 0 atom stereocenters. The molecule has 0 fully saturated rings. The molecule has 0 amide bonds. The van der Waals surface area contributed by atoms with Gasteiger partial charge in [0.25, 0.3) is 0 Å². The van der Waals surface area contributed by atoms with Crippen molar-refractivity contribution < 1.29 is 19.6 Å². The second kappa shape index (κ2) is 6.72. The van der Waals surface area contributed by atoms with Crippen molar-refractivity contribution in [2.45, 2.75) is 13.5 Å². The van der Waals surface area contributed by atoms with E-state index >= 15 is 0 Å². The first-order valence-electron chi connectivity index (χ1n) is 7.50. The van der Waals surface area contributed by atoms with Crippen LogP contribution in [0.2, 0.25) is 0 Å². The van der Waals surface area contributed by atoms with Gasteiger partial charge in [-0.1, -0.05) is 41.7 Å². The minimum Gasteiger partial charge on any atom is -0.507 e. The van der Waals surface area contributed by atoms with Crippen LogP contribution in [0.4, 0.5) is 10.8 Å². The van der Waals surface area contributed by atoms with E-state index in [1.165, 1.54) is 12.1 Å². The van der Waals surface area contributed by atoms with Gasteiger partial charge in [-0.15, -0.1) is 0 Å². The second-order valence-corrected chi connectivity index (χ2v) is 6.06. The van der Waals surface area contributed by atoms with Gasteiger partial charge in [0, 0.05) is 17.0 Å². The highest BCUT2D eigenvalue weighted by Crippen LogP contribution is 2.27. The van der Waals surface area contributed by atoms with Crippen molar-refractivity contribution in [2.75, 3.05) is 5.32 Å². The smallest absolute Gasteiger partial charge is 0.339 e. The van der Waals surface area contributed by atoms with E-state index in [0.29, 0.717) is 5.69 Å². The van der Waals surface area contributed by atoms with Crippen LogP contribution in [0.15, 0.2) is 53.9 Å². The van der Waals surface area contributed by atoms with E-state index in [9.17, 15) is 9.90 Å². The van der Waals surface area contributed by atoms with Crippen LogP contribution >= 0.6 is 11.3 Å². The van der Waals surface area contributed by atoms with E-state index in [-0.39, 0.29) is 11.3 Å². The molecule has 0 aliphatic carbocycles. The van der Waals surface area contributed by atoms with Crippen LogP contribution in [-0.4, -0.2) is 16.2 Å². The summed E-state index contributed by atoms with van der Waals surface area (Å²) in [6.45, 7) is 2.84. The summed E-state index contributed by atoms with van der Waals surface area (Å²) in [6.07, 6.45) is 0. The standard InChI is InChI=1S/C18H16N2O3S/c1-2-20-15(12-6-4-3-5-7-12)11-24-18(20)19-13-8-9-16(21)14(10-13)17(22)23/h3-11H,2H2,1H3,(H2,21,22,23)/p+1. The Bertz CT molecular complexity index is 875. The van der Waals surface area contributed by atoms with Gasteiger partial charge in [0.1, 0.15) is 22.7 Å². The molecule has 6 heteroatoms. The molecule has 3 aromatic rings. The number of rotatable bonds is 5. The summed E-state index contributed by atoms with van der Waals surface area (Å²) in [5, 5.41) is 24.9. The molecule has 0 saturated carbocycles. The number of aromatic carboxylic acids is 1. The third-order valence-electron chi connectivity index (χ3n) is 3.68. The Labute approximate surface area is 143 Å². The lowest BCUT2D eigenvalue weighted by Crippen LogP contribution is -2.35. The maximum Gasteiger partial charge on any atom is 0.339 e. The summed E-state index contributed by atoms with van der Waals surface area (Å²) < 4.78 is 2.13. The molecule has 24 heavy (non-hydrogen) atoms. The van der Waals surface area contributed by atoms with E-state index in [0.717, 1.165) is 22.9 Å². The number of aromatic hydroxyl groups is 1. The largest absolute Gasteiger partial charge is 0.507 e. The van der Waals surface area contributed by atoms with E-state index < -0.39 is 5.97 Å². The van der Waals surface area contributed by atoms with E-state index in [4.69, 9.17) is 5.11 Å². The highest BCUT2D eigenvalue weighted by Gasteiger charge is 2.19. The van der Waals surface area contributed by atoms with Gasteiger partial charge in [0.15, 0.2) is 0 Å². The molecule has 0 aliphatic heterocycles. The molecule has 0 radical (unpaired) electrons. The molecule has 0 spiro atoms. The average molecular weight is 341 g/mol. The lowest BCUT2D eigenvalue weighted by molar-refractivity contribution is -0.664. The Balaban J connectivity index is 1.96. The van der Waals surface area contributed by atoms with Gasteiger partial charge >= 0.3 is 11.1 Å². The number of phenols is 1. The van der Waals surface area contributed by atoms with Crippen molar-refractivity contribution in [1.82, 2.24) is 0 Å².